The zero-order valence-corrected chi connectivity index (χ0v) is 8.46. The number of esters is 1. The van der Waals surface area contributed by atoms with Crippen molar-refractivity contribution >= 4 is 5.97 Å². The molecule has 0 saturated carbocycles. The number of ether oxygens (including phenoxy) is 1. The first-order valence-corrected chi connectivity index (χ1v) is 4.43. The SMILES string of the molecule is CCOC(=O)CCN(C)C(C)C. The van der Waals surface area contributed by atoms with Crippen molar-refractivity contribution in [2.75, 3.05) is 20.2 Å². The molecule has 0 bridgehead atoms. The second kappa shape index (κ2) is 6.00. The lowest BCUT2D eigenvalue weighted by Gasteiger charge is -2.19. The van der Waals surface area contributed by atoms with Crippen LogP contribution in [0.15, 0.2) is 0 Å². The average Bonchev–Trinajstić information content (AvgIpc) is 2.00. The highest BCUT2D eigenvalue weighted by atomic mass is 16.5. The minimum absolute atomic E-state index is 0.106. The molecule has 0 aliphatic rings. The molecule has 0 aromatic heterocycles. The summed E-state index contributed by atoms with van der Waals surface area (Å²) in [6, 6.07) is 0.486. The lowest BCUT2D eigenvalue weighted by molar-refractivity contribution is -0.143. The lowest BCUT2D eigenvalue weighted by atomic mass is 10.3. The first-order valence-electron chi connectivity index (χ1n) is 4.43. The Hall–Kier alpha value is -0.570. The molecule has 0 amide bonds. The van der Waals surface area contributed by atoms with E-state index in [1.54, 1.807) is 0 Å². The third kappa shape index (κ3) is 5.13. The molecule has 12 heavy (non-hydrogen) atoms. The molecule has 0 unspecified atom stereocenters. The fourth-order valence-corrected chi connectivity index (χ4v) is 0.759. The quantitative estimate of drug-likeness (QED) is 0.586. The number of nitrogens with zero attached hydrogens (tertiary/aromatic N) is 1. The highest BCUT2D eigenvalue weighted by molar-refractivity contribution is 5.69. The van der Waals surface area contributed by atoms with Gasteiger partial charge in [-0.3, -0.25) is 4.79 Å². The van der Waals surface area contributed by atoms with E-state index < -0.39 is 0 Å². The molecule has 0 spiro atoms. The fourth-order valence-electron chi connectivity index (χ4n) is 0.759. The monoisotopic (exact) mass is 173 g/mol. The first-order chi connectivity index (χ1) is 5.57. The largest absolute Gasteiger partial charge is 0.466 e. The van der Waals surface area contributed by atoms with Crippen molar-refractivity contribution in [2.45, 2.75) is 33.2 Å². The van der Waals surface area contributed by atoms with Gasteiger partial charge in [-0.1, -0.05) is 0 Å². The van der Waals surface area contributed by atoms with E-state index in [1.807, 2.05) is 14.0 Å². The van der Waals surface area contributed by atoms with Gasteiger partial charge in [0.05, 0.1) is 13.0 Å². The van der Waals surface area contributed by atoms with Crippen LogP contribution in [0.1, 0.15) is 27.2 Å². The van der Waals surface area contributed by atoms with Crippen LogP contribution < -0.4 is 0 Å². The smallest absolute Gasteiger partial charge is 0.307 e. The van der Waals surface area contributed by atoms with E-state index in [0.29, 0.717) is 19.1 Å². The second-order valence-corrected chi connectivity index (χ2v) is 3.13. The van der Waals surface area contributed by atoms with Crippen molar-refractivity contribution < 1.29 is 9.53 Å². The minimum atomic E-state index is -0.106. The van der Waals surface area contributed by atoms with Gasteiger partial charge in [0, 0.05) is 12.6 Å². The average molecular weight is 173 g/mol. The zero-order chi connectivity index (χ0) is 9.56. The molecule has 0 aromatic carbocycles. The number of hydrogen-bond acceptors (Lipinski definition) is 3. The Labute approximate surface area is 74.7 Å². The van der Waals surface area contributed by atoms with Crippen molar-refractivity contribution in [2.24, 2.45) is 0 Å². The van der Waals surface area contributed by atoms with E-state index in [-0.39, 0.29) is 5.97 Å². The van der Waals surface area contributed by atoms with Gasteiger partial charge in [0.15, 0.2) is 0 Å². The maximum Gasteiger partial charge on any atom is 0.307 e. The van der Waals surface area contributed by atoms with Gasteiger partial charge in [0.2, 0.25) is 0 Å². The third-order valence-corrected chi connectivity index (χ3v) is 1.86. The molecule has 0 aliphatic heterocycles. The molecule has 0 fully saturated rings. The minimum Gasteiger partial charge on any atom is -0.466 e. The van der Waals surface area contributed by atoms with Gasteiger partial charge in [0.1, 0.15) is 0 Å². The fraction of sp³-hybridized carbons (Fsp3) is 0.889. The van der Waals surface area contributed by atoms with Gasteiger partial charge in [-0.2, -0.15) is 0 Å². The maximum atomic E-state index is 10.9. The predicted molar refractivity (Wildman–Crippen MR) is 49.0 cm³/mol. The van der Waals surface area contributed by atoms with Crippen LogP contribution in [-0.4, -0.2) is 37.1 Å². The van der Waals surface area contributed by atoms with E-state index in [4.69, 9.17) is 4.74 Å². The number of carbonyl (C=O) groups excluding carboxylic acids is 1. The van der Waals surface area contributed by atoms with Gasteiger partial charge in [0.25, 0.3) is 0 Å². The Bertz CT molecular complexity index is 134. The van der Waals surface area contributed by atoms with Crippen LogP contribution in [0, 0.1) is 0 Å². The molecule has 0 N–H and O–H groups in total. The Balaban J connectivity index is 3.47. The standard InChI is InChI=1S/C9H19NO2/c1-5-12-9(11)6-7-10(4)8(2)3/h8H,5-7H2,1-4H3. The van der Waals surface area contributed by atoms with E-state index in [1.165, 1.54) is 0 Å². The van der Waals surface area contributed by atoms with Crippen LogP contribution in [0.5, 0.6) is 0 Å². The Morgan fingerprint density at radius 2 is 2.08 bits per heavy atom. The lowest BCUT2D eigenvalue weighted by Crippen LogP contribution is -2.29. The van der Waals surface area contributed by atoms with Crippen LogP contribution in [0.2, 0.25) is 0 Å². The molecular weight excluding hydrogens is 154 g/mol. The van der Waals surface area contributed by atoms with Gasteiger partial charge >= 0.3 is 5.97 Å². The first kappa shape index (κ1) is 11.4. The van der Waals surface area contributed by atoms with Crippen LogP contribution >= 0.6 is 0 Å². The van der Waals surface area contributed by atoms with Gasteiger partial charge in [-0.25, -0.2) is 0 Å². The summed E-state index contributed by atoms with van der Waals surface area (Å²) in [5, 5.41) is 0. The molecule has 0 aromatic rings. The molecule has 3 heteroatoms. The van der Waals surface area contributed by atoms with Crippen LogP contribution in [0.25, 0.3) is 0 Å². The Morgan fingerprint density at radius 1 is 1.50 bits per heavy atom. The highest BCUT2D eigenvalue weighted by Gasteiger charge is 2.06. The van der Waals surface area contributed by atoms with Gasteiger partial charge < -0.3 is 9.64 Å². The molecule has 0 atom stereocenters. The van der Waals surface area contributed by atoms with E-state index in [9.17, 15) is 4.79 Å². The second-order valence-electron chi connectivity index (χ2n) is 3.13. The summed E-state index contributed by atoms with van der Waals surface area (Å²) in [4.78, 5) is 13.0. The van der Waals surface area contributed by atoms with E-state index >= 15 is 0 Å². The number of rotatable bonds is 5. The molecular formula is C9H19NO2. The molecule has 0 aliphatic carbocycles. The van der Waals surface area contributed by atoms with Gasteiger partial charge in [-0.05, 0) is 27.8 Å². The van der Waals surface area contributed by atoms with Crippen LogP contribution in [-0.2, 0) is 9.53 Å². The zero-order valence-electron chi connectivity index (χ0n) is 8.46. The third-order valence-electron chi connectivity index (χ3n) is 1.86. The summed E-state index contributed by atoms with van der Waals surface area (Å²) < 4.78 is 4.81. The summed E-state index contributed by atoms with van der Waals surface area (Å²) in [5.41, 5.74) is 0. The van der Waals surface area contributed by atoms with Crippen molar-refractivity contribution in [1.82, 2.24) is 4.90 Å². The highest BCUT2D eigenvalue weighted by Crippen LogP contribution is 1.96. The Morgan fingerprint density at radius 3 is 2.50 bits per heavy atom. The number of carbonyl (C=O) groups is 1. The topological polar surface area (TPSA) is 29.5 Å². The summed E-state index contributed by atoms with van der Waals surface area (Å²) >= 11 is 0. The molecule has 72 valence electrons. The molecule has 0 heterocycles. The molecule has 3 nitrogen and oxygen atoms in total. The summed E-state index contributed by atoms with van der Waals surface area (Å²) in [7, 11) is 2.00. The molecule has 0 radical (unpaired) electrons. The molecule has 0 saturated heterocycles. The van der Waals surface area contributed by atoms with Crippen molar-refractivity contribution in [1.29, 1.82) is 0 Å². The predicted octanol–water partition coefficient (Wildman–Crippen LogP) is 1.28. The Kier molecular flexibility index (Phi) is 5.72. The van der Waals surface area contributed by atoms with Crippen LogP contribution in [0.4, 0.5) is 0 Å². The normalized spacial score (nSPS) is 10.8. The van der Waals surface area contributed by atoms with Crippen molar-refractivity contribution in [3.05, 3.63) is 0 Å². The summed E-state index contributed by atoms with van der Waals surface area (Å²) in [6.45, 7) is 7.28. The summed E-state index contributed by atoms with van der Waals surface area (Å²) in [6.07, 6.45) is 0.489. The van der Waals surface area contributed by atoms with E-state index in [0.717, 1.165) is 6.54 Å². The van der Waals surface area contributed by atoms with E-state index in [2.05, 4.69) is 18.7 Å². The van der Waals surface area contributed by atoms with Crippen LogP contribution in [0.3, 0.4) is 0 Å². The number of hydrogen-bond donors (Lipinski definition) is 0. The maximum absolute atomic E-state index is 10.9. The van der Waals surface area contributed by atoms with Crippen molar-refractivity contribution in [3.8, 4) is 0 Å². The molecule has 0 rings (SSSR count). The van der Waals surface area contributed by atoms with Crippen molar-refractivity contribution in [3.63, 3.8) is 0 Å². The summed E-state index contributed by atoms with van der Waals surface area (Å²) in [5.74, 6) is -0.106. The van der Waals surface area contributed by atoms with Gasteiger partial charge in [-0.15, -0.1) is 0 Å².